The normalized spacial score (nSPS) is 63.2. The van der Waals surface area contributed by atoms with E-state index < -0.39 is 5.60 Å². The van der Waals surface area contributed by atoms with Crippen molar-refractivity contribution in [2.24, 2.45) is 47.3 Å². The van der Waals surface area contributed by atoms with Gasteiger partial charge in [0, 0.05) is 18.9 Å². The highest BCUT2D eigenvalue weighted by Crippen LogP contribution is 2.87. The highest BCUT2D eigenvalue weighted by atomic mass is 16.5. The maximum absolute atomic E-state index is 11.7. The van der Waals surface area contributed by atoms with Crippen LogP contribution in [0.4, 0.5) is 0 Å². The van der Waals surface area contributed by atoms with E-state index in [0.717, 1.165) is 23.7 Å². The van der Waals surface area contributed by atoms with Gasteiger partial charge in [0.15, 0.2) is 0 Å². The molecule has 104 valence electrons. The lowest BCUT2D eigenvalue weighted by atomic mass is 9.54. The summed E-state index contributed by atoms with van der Waals surface area (Å²) in [6.45, 7) is 0. The molecule has 0 heterocycles. The molecular formula is C18H20O2. The molecule has 5 saturated carbocycles. The highest BCUT2D eigenvalue weighted by molar-refractivity contribution is 5.40. The monoisotopic (exact) mass is 268 g/mol. The molecule has 0 unspecified atom stereocenters. The van der Waals surface area contributed by atoms with Crippen LogP contribution in [0.15, 0.2) is 30.3 Å². The summed E-state index contributed by atoms with van der Waals surface area (Å²) >= 11 is 0. The second kappa shape index (κ2) is 3.00. The van der Waals surface area contributed by atoms with Crippen LogP contribution in [0.5, 0.6) is 0 Å². The van der Waals surface area contributed by atoms with Gasteiger partial charge in [0.25, 0.3) is 0 Å². The van der Waals surface area contributed by atoms with Crippen molar-refractivity contribution < 1.29 is 9.84 Å². The topological polar surface area (TPSA) is 29.5 Å². The smallest absolute Gasteiger partial charge is 0.0965 e. The van der Waals surface area contributed by atoms with Crippen molar-refractivity contribution in [2.45, 2.75) is 18.1 Å². The van der Waals surface area contributed by atoms with Gasteiger partial charge in [-0.15, -0.1) is 0 Å². The SMILES string of the molecule is CO[C@H]1[C@H]2[C@@H]3C[C@H]4[C@H]5[C@@H]3[C@H]1[C@@H]5[C@@](O)(c1ccccc1)[C@@H]42. The summed E-state index contributed by atoms with van der Waals surface area (Å²) in [5, 5.41) is 11.7. The zero-order chi connectivity index (χ0) is 13.2. The van der Waals surface area contributed by atoms with E-state index in [4.69, 9.17) is 4.74 Å². The first-order valence-electron chi connectivity index (χ1n) is 8.09. The van der Waals surface area contributed by atoms with E-state index in [1.165, 1.54) is 12.0 Å². The van der Waals surface area contributed by atoms with Crippen molar-refractivity contribution in [1.82, 2.24) is 0 Å². The average molecular weight is 268 g/mol. The van der Waals surface area contributed by atoms with Crippen LogP contribution in [0.1, 0.15) is 12.0 Å². The van der Waals surface area contributed by atoms with Crippen molar-refractivity contribution >= 4 is 0 Å². The Balaban J connectivity index is 1.58. The lowest BCUT2D eigenvalue weighted by Crippen LogP contribution is -2.57. The summed E-state index contributed by atoms with van der Waals surface area (Å²) in [5.41, 5.74) is 0.621. The Hall–Kier alpha value is -0.860. The standard InChI is InChI=1S/C18H20O2/c1-20-17-13-9-7-10-12-11(9)14(17)16(12)18(19,15(10)13)8-5-3-2-4-6-8/h2-6,9-17,19H,7H2,1H3/t9-,10+,11-,12+,13+,14+,15+,16-,17+,18-/m1/s1. The Kier molecular flexibility index (Phi) is 1.62. The first-order chi connectivity index (χ1) is 9.78. The maximum atomic E-state index is 11.7. The summed E-state index contributed by atoms with van der Waals surface area (Å²) in [6, 6.07) is 10.5. The summed E-state index contributed by atoms with van der Waals surface area (Å²) in [4.78, 5) is 0. The molecule has 2 nitrogen and oxygen atoms in total. The summed E-state index contributed by atoms with van der Waals surface area (Å²) in [6.07, 6.45) is 1.81. The van der Waals surface area contributed by atoms with Gasteiger partial charge in [-0.1, -0.05) is 30.3 Å². The van der Waals surface area contributed by atoms with Crippen LogP contribution < -0.4 is 0 Å². The van der Waals surface area contributed by atoms with E-state index in [0.29, 0.717) is 29.8 Å². The largest absolute Gasteiger partial charge is 0.385 e. The van der Waals surface area contributed by atoms with Gasteiger partial charge in [0.2, 0.25) is 0 Å². The molecule has 0 aromatic heterocycles. The number of ether oxygens (including phenoxy) is 1. The second-order valence-corrected chi connectivity index (χ2v) is 7.82. The molecule has 5 aliphatic rings. The van der Waals surface area contributed by atoms with E-state index in [-0.39, 0.29) is 0 Å². The highest BCUT2D eigenvalue weighted by Gasteiger charge is 2.87. The van der Waals surface area contributed by atoms with Crippen LogP contribution in [0, 0.1) is 47.3 Å². The molecule has 0 spiro atoms. The van der Waals surface area contributed by atoms with Crippen molar-refractivity contribution in [2.75, 3.05) is 7.11 Å². The van der Waals surface area contributed by atoms with Crippen LogP contribution in [0.3, 0.4) is 0 Å². The van der Waals surface area contributed by atoms with E-state index >= 15 is 0 Å². The number of hydrogen-bond acceptors (Lipinski definition) is 2. The Labute approximate surface area is 119 Å². The van der Waals surface area contributed by atoms with Gasteiger partial charge in [-0.3, -0.25) is 0 Å². The fourth-order valence-electron chi connectivity index (χ4n) is 7.91. The number of methoxy groups -OCH3 is 1. The van der Waals surface area contributed by atoms with Gasteiger partial charge >= 0.3 is 0 Å². The summed E-state index contributed by atoms with van der Waals surface area (Å²) in [7, 11) is 1.89. The fourth-order valence-corrected chi connectivity index (χ4v) is 7.91. The third-order valence-corrected chi connectivity index (χ3v) is 7.91. The van der Waals surface area contributed by atoms with Crippen molar-refractivity contribution in [3.05, 3.63) is 35.9 Å². The minimum atomic E-state index is -0.553. The molecule has 0 radical (unpaired) electrons. The lowest BCUT2D eigenvalue weighted by molar-refractivity contribution is -0.183. The predicted octanol–water partition coefficient (Wildman–Crippen LogP) is 2.28. The van der Waals surface area contributed by atoms with E-state index in [1.54, 1.807) is 0 Å². The molecule has 5 fully saturated rings. The minimum Gasteiger partial charge on any atom is -0.385 e. The lowest BCUT2D eigenvalue weighted by Gasteiger charge is -2.54. The van der Waals surface area contributed by atoms with E-state index in [1.807, 2.05) is 7.11 Å². The van der Waals surface area contributed by atoms with Crippen molar-refractivity contribution in [3.8, 4) is 0 Å². The molecule has 20 heavy (non-hydrogen) atoms. The average Bonchev–Trinajstić information content (AvgIpc) is 2.98. The zero-order valence-corrected chi connectivity index (χ0v) is 11.6. The van der Waals surface area contributed by atoms with Crippen LogP contribution in [0.25, 0.3) is 0 Å². The van der Waals surface area contributed by atoms with E-state index in [9.17, 15) is 5.11 Å². The number of fused-ring (bicyclic) bond motifs is 2. The van der Waals surface area contributed by atoms with Crippen LogP contribution in [-0.4, -0.2) is 18.3 Å². The van der Waals surface area contributed by atoms with Gasteiger partial charge < -0.3 is 9.84 Å². The molecule has 1 aromatic carbocycles. The molecule has 6 rings (SSSR count). The Morgan fingerprint density at radius 1 is 1.00 bits per heavy atom. The second-order valence-electron chi connectivity index (χ2n) is 7.82. The van der Waals surface area contributed by atoms with Gasteiger partial charge in [0.1, 0.15) is 0 Å². The number of rotatable bonds is 2. The number of aliphatic hydroxyl groups is 1. The molecule has 0 amide bonds. The fraction of sp³-hybridized carbons (Fsp3) is 0.667. The number of hydrogen-bond donors (Lipinski definition) is 1. The van der Waals surface area contributed by atoms with E-state index in [2.05, 4.69) is 30.3 Å². The molecule has 1 N–H and O–H groups in total. The van der Waals surface area contributed by atoms with Gasteiger partial charge in [-0.05, 0) is 47.5 Å². The van der Waals surface area contributed by atoms with Crippen LogP contribution in [0.2, 0.25) is 0 Å². The molecule has 2 heteroatoms. The van der Waals surface area contributed by atoms with Crippen molar-refractivity contribution in [3.63, 3.8) is 0 Å². The third kappa shape index (κ3) is 0.791. The zero-order valence-electron chi connectivity index (χ0n) is 11.6. The summed E-state index contributed by atoms with van der Waals surface area (Å²) in [5.74, 6) is 5.52. The van der Waals surface area contributed by atoms with Crippen LogP contribution >= 0.6 is 0 Å². The molecule has 2 bridgehead atoms. The third-order valence-electron chi connectivity index (χ3n) is 7.91. The predicted molar refractivity (Wildman–Crippen MR) is 73.7 cm³/mol. The van der Waals surface area contributed by atoms with Gasteiger partial charge in [0.05, 0.1) is 11.7 Å². The van der Waals surface area contributed by atoms with Gasteiger partial charge in [-0.25, -0.2) is 0 Å². The first kappa shape index (κ1) is 10.8. The molecule has 1 aromatic rings. The molecule has 0 saturated heterocycles. The quantitative estimate of drug-likeness (QED) is 0.891. The molecular weight excluding hydrogens is 248 g/mol. The Bertz CT molecular complexity index is 599. The molecule has 0 aliphatic heterocycles. The minimum absolute atomic E-state index is 0.438. The molecule has 10 atom stereocenters. The van der Waals surface area contributed by atoms with Gasteiger partial charge in [-0.2, -0.15) is 0 Å². The first-order valence-corrected chi connectivity index (χ1v) is 8.09. The Morgan fingerprint density at radius 2 is 1.80 bits per heavy atom. The Morgan fingerprint density at radius 3 is 2.55 bits per heavy atom. The van der Waals surface area contributed by atoms with Crippen molar-refractivity contribution in [1.29, 1.82) is 0 Å². The summed E-state index contributed by atoms with van der Waals surface area (Å²) < 4.78 is 5.89. The van der Waals surface area contributed by atoms with Crippen LogP contribution in [-0.2, 0) is 10.3 Å². The maximum Gasteiger partial charge on any atom is 0.0965 e. The number of benzene rings is 1. The molecule has 5 aliphatic carbocycles.